The van der Waals surface area contributed by atoms with Crippen molar-refractivity contribution < 1.29 is 10.2 Å². The molecular weight excluding hydrogens is 466 g/mol. The maximum absolute atomic E-state index is 11.3. The lowest BCUT2D eigenvalue weighted by molar-refractivity contribution is 0.00370. The van der Waals surface area contributed by atoms with Crippen LogP contribution >= 0.6 is 15.9 Å². The largest absolute Gasteiger partial charge is 0.508 e. The van der Waals surface area contributed by atoms with Crippen molar-refractivity contribution in [3.63, 3.8) is 0 Å². The van der Waals surface area contributed by atoms with E-state index in [2.05, 4.69) is 38.9 Å². The van der Waals surface area contributed by atoms with E-state index in [1.54, 1.807) is 0 Å². The molecule has 0 amide bonds. The minimum Gasteiger partial charge on any atom is -0.508 e. The predicted octanol–water partition coefficient (Wildman–Crippen LogP) is 5.46. The van der Waals surface area contributed by atoms with Gasteiger partial charge in [0.15, 0.2) is 0 Å². The van der Waals surface area contributed by atoms with E-state index in [0.717, 1.165) is 52.5 Å². The van der Waals surface area contributed by atoms with Crippen LogP contribution in [0.3, 0.4) is 0 Å². The molecule has 164 valence electrons. The monoisotopic (exact) mass is 491 g/mol. The predicted molar refractivity (Wildman–Crippen MR) is 126 cm³/mol. The maximum atomic E-state index is 11.3. The molecule has 2 N–H and O–H groups in total. The first kappa shape index (κ1) is 20.2. The molecule has 0 saturated heterocycles. The van der Waals surface area contributed by atoms with Gasteiger partial charge >= 0.3 is 0 Å². The van der Waals surface area contributed by atoms with Crippen LogP contribution < -0.4 is 0 Å². The Morgan fingerprint density at radius 3 is 2.78 bits per heavy atom. The first-order chi connectivity index (χ1) is 15.3. The van der Waals surface area contributed by atoms with Crippen molar-refractivity contribution >= 4 is 15.9 Å². The lowest BCUT2D eigenvalue weighted by Crippen LogP contribution is -2.39. The van der Waals surface area contributed by atoms with Crippen molar-refractivity contribution in [2.45, 2.75) is 56.6 Å². The highest BCUT2D eigenvalue weighted by Crippen LogP contribution is 2.71. The van der Waals surface area contributed by atoms with Gasteiger partial charge in [0.05, 0.1) is 18.3 Å². The lowest BCUT2D eigenvalue weighted by Gasteiger charge is -2.42. The maximum Gasteiger partial charge on any atom is 0.118 e. The van der Waals surface area contributed by atoms with Gasteiger partial charge in [-0.05, 0) is 84.4 Å². The SMILES string of the molecule is C=C1C[C@]23C[C@@]1(O)CC[C@H]2c1ccc(O)c(C)c1[C@@H]3Cn1cc(-c2ccc(Br)cc2)nn1. The summed E-state index contributed by atoms with van der Waals surface area (Å²) in [6.07, 6.45) is 5.27. The second-order valence-electron chi connectivity index (χ2n) is 9.91. The van der Waals surface area contributed by atoms with Crippen LogP contribution in [0.15, 0.2) is 59.2 Å². The van der Waals surface area contributed by atoms with Crippen LogP contribution in [0.1, 0.15) is 54.2 Å². The smallest absolute Gasteiger partial charge is 0.118 e. The molecule has 6 heteroatoms. The molecule has 1 aromatic heterocycles. The molecule has 1 spiro atoms. The average molecular weight is 492 g/mol. The van der Waals surface area contributed by atoms with Crippen molar-refractivity contribution in [1.29, 1.82) is 0 Å². The number of aromatic hydroxyl groups is 1. The van der Waals surface area contributed by atoms with Gasteiger partial charge in [-0.3, -0.25) is 4.68 Å². The molecule has 0 aliphatic heterocycles. The van der Waals surface area contributed by atoms with Gasteiger partial charge in [-0.2, -0.15) is 0 Å². The molecule has 3 aromatic rings. The van der Waals surface area contributed by atoms with E-state index < -0.39 is 5.60 Å². The number of benzene rings is 2. The summed E-state index contributed by atoms with van der Waals surface area (Å²) in [6, 6.07) is 12.0. The molecule has 2 saturated carbocycles. The topological polar surface area (TPSA) is 71.2 Å². The number of rotatable bonds is 3. The van der Waals surface area contributed by atoms with Crippen molar-refractivity contribution in [3.05, 3.63) is 75.9 Å². The molecule has 5 nitrogen and oxygen atoms in total. The standard InChI is InChI=1S/C26H26BrN3O2/c1-15-11-25-14-26(15,32)10-9-20(25)19-7-8-23(31)16(2)24(19)21(25)12-30-13-22(28-29-30)17-3-5-18(27)6-4-17/h3-8,13,20-21,31-32H,1,9-12,14H2,2H3/t20-,21-,25-,26-/m0/s1. The van der Waals surface area contributed by atoms with Gasteiger partial charge in [0.2, 0.25) is 0 Å². The first-order valence-electron chi connectivity index (χ1n) is 11.2. The molecule has 4 atom stereocenters. The number of phenols is 1. The number of nitrogens with zero attached hydrogens (tertiary/aromatic N) is 3. The van der Waals surface area contributed by atoms with Gasteiger partial charge in [-0.25, -0.2) is 0 Å². The van der Waals surface area contributed by atoms with Crippen LogP contribution in [0.2, 0.25) is 0 Å². The molecular formula is C26H26BrN3O2. The summed E-state index contributed by atoms with van der Waals surface area (Å²) in [4.78, 5) is 0. The first-order valence-corrected chi connectivity index (χ1v) is 12.0. The van der Waals surface area contributed by atoms with Crippen LogP contribution in [-0.2, 0) is 6.54 Å². The number of halogens is 1. The van der Waals surface area contributed by atoms with E-state index in [4.69, 9.17) is 0 Å². The summed E-state index contributed by atoms with van der Waals surface area (Å²) in [5.74, 6) is 0.848. The highest BCUT2D eigenvalue weighted by Gasteiger charge is 2.64. The summed E-state index contributed by atoms with van der Waals surface area (Å²) in [5.41, 5.74) is 5.49. The molecule has 2 aromatic carbocycles. The summed E-state index contributed by atoms with van der Waals surface area (Å²) in [6.45, 7) is 6.96. The summed E-state index contributed by atoms with van der Waals surface area (Å²) in [5, 5.41) is 30.7. The Kier molecular flexibility index (Phi) is 4.28. The van der Waals surface area contributed by atoms with Crippen molar-refractivity contribution in [2.24, 2.45) is 5.41 Å². The number of aromatic nitrogens is 3. The van der Waals surface area contributed by atoms with Gasteiger partial charge < -0.3 is 10.2 Å². The molecule has 1 heterocycles. The third kappa shape index (κ3) is 2.72. The van der Waals surface area contributed by atoms with E-state index in [9.17, 15) is 10.2 Å². The fraction of sp³-hybridized carbons (Fsp3) is 0.385. The fourth-order valence-electron chi connectivity index (χ4n) is 6.82. The molecule has 2 fully saturated rings. The van der Waals surface area contributed by atoms with Crippen molar-refractivity contribution in [1.82, 2.24) is 15.0 Å². The van der Waals surface area contributed by atoms with E-state index in [1.165, 1.54) is 11.1 Å². The minimum absolute atomic E-state index is 0.0886. The van der Waals surface area contributed by atoms with Crippen LogP contribution in [0, 0.1) is 12.3 Å². The van der Waals surface area contributed by atoms with Crippen LogP contribution in [0.4, 0.5) is 0 Å². The molecule has 2 bridgehead atoms. The number of phenolic OH excluding ortho intramolecular Hbond substituents is 1. The van der Waals surface area contributed by atoms with E-state index in [0.29, 0.717) is 18.2 Å². The molecule has 3 aliphatic carbocycles. The third-order valence-electron chi connectivity index (χ3n) is 8.35. The van der Waals surface area contributed by atoms with E-state index in [1.807, 2.05) is 48.1 Å². The van der Waals surface area contributed by atoms with Crippen molar-refractivity contribution in [3.8, 4) is 17.0 Å². The zero-order valence-corrected chi connectivity index (χ0v) is 19.6. The van der Waals surface area contributed by atoms with Gasteiger partial charge in [0.1, 0.15) is 11.4 Å². The average Bonchev–Trinajstić information content (AvgIpc) is 3.38. The zero-order chi connectivity index (χ0) is 22.3. The number of hydrogen-bond donors (Lipinski definition) is 2. The van der Waals surface area contributed by atoms with Gasteiger partial charge in [-0.15, -0.1) is 5.10 Å². The molecule has 6 rings (SSSR count). The number of hydrogen-bond acceptors (Lipinski definition) is 4. The van der Waals surface area contributed by atoms with Gasteiger partial charge in [0.25, 0.3) is 0 Å². The van der Waals surface area contributed by atoms with E-state index >= 15 is 0 Å². The van der Waals surface area contributed by atoms with Gasteiger partial charge in [-0.1, -0.05) is 45.9 Å². The Morgan fingerprint density at radius 2 is 2.00 bits per heavy atom. The lowest BCUT2D eigenvalue weighted by atomic mass is 9.63. The van der Waals surface area contributed by atoms with Crippen LogP contribution in [-0.4, -0.2) is 30.8 Å². The van der Waals surface area contributed by atoms with Gasteiger partial charge in [0, 0.05) is 16.0 Å². The van der Waals surface area contributed by atoms with E-state index in [-0.39, 0.29) is 11.3 Å². The zero-order valence-electron chi connectivity index (χ0n) is 18.1. The van der Waals surface area contributed by atoms with Crippen molar-refractivity contribution in [2.75, 3.05) is 0 Å². The normalized spacial score (nSPS) is 30.4. The second-order valence-corrected chi connectivity index (χ2v) is 10.8. The number of fused-ring (bicyclic) bond motifs is 3. The van der Waals surface area contributed by atoms with Crippen LogP contribution in [0.25, 0.3) is 11.3 Å². The quantitative estimate of drug-likeness (QED) is 0.476. The summed E-state index contributed by atoms with van der Waals surface area (Å²) < 4.78 is 2.96. The van der Waals surface area contributed by atoms with Crippen LogP contribution in [0.5, 0.6) is 5.75 Å². The minimum atomic E-state index is -0.766. The summed E-state index contributed by atoms with van der Waals surface area (Å²) in [7, 11) is 0. The Morgan fingerprint density at radius 1 is 1.22 bits per heavy atom. The molecule has 32 heavy (non-hydrogen) atoms. The Balaban J connectivity index is 1.43. The highest BCUT2D eigenvalue weighted by molar-refractivity contribution is 9.10. The summed E-state index contributed by atoms with van der Waals surface area (Å²) >= 11 is 3.48. The molecule has 0 radical (unpaired) electrons. The fourth-order valence-corrected chi connectivity index (χ4v) is 7.09. The Bertz CT molecular complexity index is 1250. The second kappa shape index (κ2) is 6.78. The number of aliphatic hydroxyl groups is 1. The molecule has 0 unspecified atom stereocenters. The Labute approximate surface area is 195 Å². The highest BCUT2D eigenvalue weighted by atomic mass is 79.9. The molecule has 3 aliphatic rings. The Hall–Kier alpha value is -2.44. The third-order valence-corrected chi connectivity index (χ3v) is 8.88.